The van der Waals surface area contributed by atoms with E-state index in [-0.39, 0.29) is 35.3 Å². The number of hydrogen-bond donors (Lipinski definition) is 2. The minimum absolute atomic E-state index is 0.107. The van der Waals surface area contributed by atoms with E-state index >= 15 is 0 Å². The van der Waals surface area contributed by atoms with E-state index in [1.807, 2.05) is 30.3 Å². The number of benzene rings is 2. The highest BCUT2D eigenvalue weighted by Crippen LogP contribution is 2.49. The largest absolute Gasteiger partial charge is 0.465 e. The summed E-state index contributed by atoms with van der Waals surface area (Å²) in [6.45, 7) is 7.21. The lowest BCUT2D eigenvalue weighted by Crippen LogP contribution is -2.64. The number of aromatic nitrogens is 3. The Kier molecular flexibility index (Phi) is 16.9. The summed E-state index contributed by atoms with van der Waals surface area (Å²) in [6.07, 6.45) is 3.12. The molecule has 2 aromatic carbocycles. The molecule has 2 aliphatic heterocycles. The van der Waals surface area contributed by atoms with Gasteiger partial charge >= 0.3 is 29.8 Å². The third kappa shape index (κ3) is 12.1. The van der Waals surface area contributed by atoms with Crippen LogP contribution in [0.1, 0.15) is 111 Å². The highest BCUT2D eigenvalue weighted by molar-refractivity contribution is 5.95. The fourth-order valence-corrected chi connectivity index (χ4v) is 9.02. The molecule has 3 aromatic rings. The van der Waals surface area contributed by atoms with E-state index in [0.717, 1.165) is 71.2 Å². The van der Waals surface area contributed by atoms with Crippen molar-refractivity contribution in [2.75, 3.05) is 33.4 Å². The molecule has 1 saturated carbocycles. The van der Waals surface area contributed by atoms with Gasteiger partial charge in [-0.25, -0.2) is 9.48 Å². The van der Waals surface area contributed by atoms with Gasteiger partial charge in [0.25, 0.3) is 11.7 Å². The molecule has 4 atom stereocenters. The summed E-state index contributed by atoms with van der Waals surface area (Å²) in [5.74, 6) is -7.76. The van der Waals surface area contributed by atoms with Gasteiger partial charge in [-0.2, -0.15) is 0 Å². The Hall–Kier alpha value is -6.51. The molecule has 366 valence electrons. The third-order valence-corrected chi connectivity index (χ3v) is 11.9. The van der Waals surface area contributed by atoms with Crippen molar-refractivity contribution in [1.82, 2.24) is 30.5 Å². The number of aryl methyl sites for hydroxylation is 2. The van der Waals surface area contributed by atoms with E-state index < -0.39 is 91.3 Å². The van der Waals surface area contributed by atoms with Crippen molar-refractivity contribution < 1.29 is 66.7 Å². The molecule has 68 heavy (non-hydrogen) atoms. The first-order valence-electron chi connectivity index (χ1n) is 22.7. The zero-order valence-electron chi connectivity index (χ0n) is 39.5. The average molecular weight is 945 g/mol. The molecular weight excluding hydrogens is 885 g/mol. The Morgan fingerprint density at radius 1 is 0.897 bits per heavy atom. The van der Waals surface area contributed by atoms with Gasteiger partial charge in [-0.1, -0.05) is 54.8 Å². The van der Waals surface area contributed by atoms with Crippen LogP contribution < -0.4 is 15.4 Å². The lowest BCUT2D eigenvalue weighted by molar-refractivity contribution is -0.289. The van der Waals surface area contributed by atoms with Crippen LogP contribution in [-0.2, 0) is 70.3 Å². The van der Waals surface area contributed by atoms with Crippen LogP contribution in [0.5, 0.6) is 5.75 Å². The minimum Gasteiger partial charge on any atom is -0.465 e. The van der Waals surface area contributed by atoms with Gasteiger partial charge in [0.1, 0.15) is 18.1 Å². The van der Waals surface area contributed by atoms with Crippen LogP contribution in [0.2, 0.25) is 0 Å². The second kappa shape index (κ2) is 22.5. The summed E-state index contributed by atoms with van der Waals surface area (Å²) in [5, 5.41) is 14.7. The molecular formula is C48H60N6O14. The number of esters is 5. The predicted octanol–water partition coefficient (Wildman–Crippen LogP) is 4.00. The standard InChI is InChI=1S/C48H60N6O14/c1-29-21-37(22-30(2)43(29)66-33(5)57)45(60)50-25-40(65-32(4)56)47(67-34(6)58)28-54(41(59)27-53-26-38(51-52-53)36-17-12-9-13-18-36)42-39(64-31(3)55)23-48(46(61)62-7,68-44(42)47)63-20-14-19-49-24-35-15-10-8-11-16-35/h8,10-11,15-16,21-22,26,36,40,44,49H,9,12-14,17-20,23-25,27-28H2,1-7H3,(H,50,60)/t40-,44?,47-,48-/m1/s1. The highest BCUT2D eigenvalue weighted by atomic mass is 16.7. The smallest absolute Gasteiger partial charge is 0.367 e. The summed E-state index contributed by atoms with van der Waals surface area (Å²) in [7, 11) is 1.10. The Labute approximate surface area is 394 Å². The summed E-state index contributed by atoms with van der Waals surface area (Å²) < 4.78 is 42.8. The molecule has 2 amide bonds. The molecule has 1 aliphatic carbocycles. The SMILES string of the molecule is COC(=O)[C@@]1(OCCCNCc2ccccc2)CC(OC(C)=O)=C2C(O1)[C@](OC(C)=O)([C@@H](CNC(=O)c1cc(C)c(OC(C)=O)c(C)c1)OC(C)=O)CN2C(=O)Cn1cc(C2CCCCC2)nn1. The zero-order chi connectivity index (χ0) is 49.2. The Morgan fingerprint density at radius 3 is 2.22 bits per heavy atom. The van der Waals surface area contributed by atoms with Gasteiger partial charge in [0.2, 0.25) is 5.91 Å². The first-order valence-corrected chi connectivity index (χ1v) is 22.7. The van der Waals surface area contributed by atoms with Crippen molar-refractivity contribution in [3.63, 3.8) is 0 Å². The fraction of sp³-hybridized carbons (Fsp3) is 0.521. The zero-order valence-corrected chi connectivity index (χ0v) is 39.5. The fourth-order valence-electron chi connectivity index (χ4n) is 9.02. The quantitative estimate of drug-likeness (QED) is 0.0747. The molecule has 0 radical (unpaired) electrons. The second-order valence-corrected chi connectivity index (χ2v) is 17.2. The lowest BCUT2D eigenvalue weighted by atomic mass is 9.87. The average Bonchev–Trinajstić information content (AvgIpc) is 3.90. The highest BCUT2D eigenvalue weighted by Gasteiger charge is 2.67. The van der Waals surface area contributed by atoms with Crippen LogP contribution in [0.15, 0.2) is 60.1 Å². The predicted molar refractivity (Wildman–Crippen MR) is 239 cm³/mol. The van der Waals surface area contributed by atoms with Crippen molar-refractivity contribution in [3.05, 3.63) is 88.1 Å². The van der Waals surface area contributed by atoms with Crippen molar-refractivity contribution in [2.24, 2.45) is 0 Å². The number of amides is 2. The van der Waals surface area contributed by atoms with Gasteiger partial charge < -0.3 is 48.7 Å². The molecule has 1 unspecified atom stereocenters. The number of fused-ring (bicyclic) bond motifs is 1. The monoisotopic (exact) mass is 944 g/mol. The molecule has 20 heteroatoms. The molecule has 1 aromatic heterocycles. The number of hydrogen-bond acceptors (Lipinski definition) is 17. The maximum Gasteiger partial charge on any atom is 0.367 e. The molecule has 3 aliphatic rings. The molecule has 2 N–H and O–H groups in total. The number of nitrogens with one attached hydrogen (secondary N) is 2. The van der Waals surface area contributed by atoms with Gasteiger partial charge in [0.05, 0.1) is 44.6 Å². The molecule has 1 saturated heterocycles. The number of methoxy groups -OCH3 is 1. The second-order valence-electron chi connectivity index (χ2n) is 17.2. The number of ether oxygens (including phenoxy) is 7. The van der Waals surface area contributed by atoms with E-state index in [9.17, 15) is 33.6 Å². The summed E-state index contributed by atoms with van der Waals surface area (Å²) in [6, 6.07) is 12.7. The molecule has 6 rings (SSSR count). The van der Waals surface area contributed by atoms with Gasteiger partial charge in [-0.15, -0.1) is 5.10 Å². The maximum atomic E-state index is 14.8. The van der Waals surface area contributed by atoms with E-state index in [0.29, 0.717) is 30.6 Å². The number of nitrogens with zero attached hydrogens (tertiary/aromatic N) is 4. The van der Waals surface area contributed by atoms with Crippen LogP contribution in [-0.4, -0.2) is 119 Å². The van der Waals surface area contributed by atoms with E-state index in [1.165, 1.54) is 28.6 Å². The van der Waals surface area contributed by atoms with Gasteiger partial charge in [0.15, 0.2) is 17.8 Å². The van der Waals surface area contributed by atoms with Crippen LogP contribution in [0.3, 0.4) is 0 Å². The van der Waals surface area contributed by atoms with E-state index in [1.54, 1.807) is 20.0 Å². The van der Waals surface area contributed by atoms with Crippen LogP contribution >= 0.6 is 0 Å². The Morgan fingerprint density at radius 2 is 1.59 bits per heavy atom. The topological polar surface area (TPSA) is 242 Å². The first kappa shape index (κ1) is 50.9. The Bertz CT molecular complexity index is 2370. The van der Waals surface area contributed by atoms with Crippen LogP contribution in [0.4, 0.5) is 0 Å². The van der Waals surface area contributed by atoms with Gasteiger partial charge in [0, 0.05) is 51.9 Å². The van der Waals surface area contributed by atoms with E-state index in [4.69, 9.17) is 33.2 Å². The van der Waals surface area contributed by atoms with E-state index in [2.05, 4.69) is 20.9 Å². The maximum absolute atomic E-state index is 14.8. The van der Waals surface area contributed by atoms with Gasteiger partial charge in [-0.05, 0) is 68.5 Å². The minimum atomic E-state index is -2.39. The molecule has 2 fully saturated rings. The number of carbonyl (C=O) groups is 7. The number of carbonyl (C=O) groups excluding carboxylic acids is 7. The van der Waals surface area contributed by atoms with Crippen LogP contribution in [0, 0.1) is 13.8 Å². The Balaban J connectivity index is 1.41. The van der Waals surface area contributed by atoms with Crippen molar-refractivity contribution in [2.45, 2.75) is 129 Å². The van der Waals surface area contributed by atoms with Crippen molar-refractivity contribution in [1.29, 1.82) is 0 Å². The van der Waals surface area contributed by atoms with Crippen molar-refractivity contribution in [3.8, 4) is 5.75 Å². The third-order valence-electron chi connectivity index (χ3n) is 11.9. The lowest BCUT2D eigenvalue weighted by Gasteiger charge is -2.44. The molecule has 20 nitrogen and oxygen atoms in total. The van der Waals surface area contributed by atoms with Gasteiger partial charge in [-0.3, -0.25) is 28.8 Å². The first-order chi connectivity index (χ1) is 32.4. The molecule has 0 bridgehead atoms. The molecule has 0 spiro atoms. The number of rotatable bonds is 19. The molecule has 3 heterocycles. The summed E-state index contributed by atoms with van der Waals surface area (Å²) in [5.41, 5.74) is 0.483. The number of likely N-dealkylation sites (tertiary alicyclic amines) is 1. The normalized spacial score (nSPS) is 20.8. The van der Waals surface area contributed by atoms with Crippen LogP contribution in [0.25, 0.3) is 0 Å². The summed E-state index contributed by atoms with van der Waals surface area (Å²) >= 11 is 0. The summed E-state index contributed by atoms with van der Waals surface area (Å²) in [4.78, 5) is 95.2. The van der Waals surface area contributed by atoms with Crippen molar-refractivity contribution >= 4 is 41.7 Å².